The number of rotatable bonds is 7. The van der Waals surface area contributed by atoms with Gasteiger partial charge in [0.2, 0.25) is 0 Å². The normalized spacial score (nSPS) is 21.9. The molecule has 10 heteroatoms. The summed E-state index contributed by atoms with van der Waals surface area (Å²) in [5.74, 6) is -0.806. The second-order valence-corrected chi connectivity index (χ2v) is 9.94. The largest absolute Gasteiger partial charge is 0.444 e. The van der Waals surface area contributed by atoms with E-state index < -0.39 is 58.5 Å². The lowest BCUT2D eigenvalue weighted by atomic mass is 10.1. The Hall–Kier alpha value is -1.06. The molecule has 0 spiro atoms. The summed E-state index contributed by atoms with van der Waals surface area (Å²) in [5.41, 5.74) is -0.724. The van der Waals surface area contributed by atoms with E-state index in [1.807, 2.05) is 0 Å². The van der Waals surface area contributed by atoms with Gasteiger partial charge in [-0.15, -0.1) is 0 Å². The molecule has 0 radical (unpaired) electrons. The van der Waals surface area contributed by atoms with Gasteiger partial charge in [0.05, 0.1) is 18.1 Å². The highest BCUT2D eigenvalue weighted by Crippen LogP contribution is 2.26. The van der Waals surface area contributed by atoms with Gasteiger partial charge < -0.3 is 9.64 Å². The third-order valence-corrected chi connectivity index (χ3v) is 5.72. The van der Waals surface area contributed by atoms with E-state index in [1.165, 1.54) is 4.90 Å². The highest BCUT2D eigenvalue weighted by atomic mass is 32.2. The molecule has 1 fully saturated rings. The van der Waals surface area contributed by atoms with Crippen molar-refractivity contribution in [3.63, 3.8) is 0 Å². The average Bonchev–Trinajstić information content (AvgIpc) is 2.76. The summed E-state index contributed by atoms with van der Waals surface area (Å²) < 4.78 is 78.8. The minimum absolute atomic E-state index is 0.0993. The number of amides is 1. The van der Waals surface area contributed by atoms with E-state index in [0.717, 1.165) is 0 Å². The Morgan fingerprint density at radius 1 is 1.15 bits per heavy atom. The molecule has 1 amide bonds. The van der Waals surface area contributed by atoms with Crippen LogP contribution in [0.15, 0.2) is 0 Å². The Bertz CT molecular complexity index is 572. The number of carbonyl (C=O) groups is 1. The van der Waals surface area contributed by atoms with Crippen LogP contribution in [0.2, 0.25) is 0 Å². The molecule has 1 aliphatic heterocycles. The Morgan fingerprint density at radius 2 is 1.73 bits per heavy atom. The van der Waals surface area contributed by atoms with Crippen LogP contribution in [0, 0.1) is 0 Å². The second-order valence-electron chi connectivity index (χ2n) is 7.63. The smallest absolute Gasteiger partial charge is 0.410 e. The van der Waals surface area contributed by atoms with Crippen molar-refractivity contribution in [2.45, 2.75) is 76.9 Å². The monoisotopic (exact) mass is 405 g/mol. The number of sulfone groups is 1. The maximum atomic E-state index is 13.7. The molecule has 0 bridgehead atoms. The van der Waals surface area contributed by atoms with Gasteiger partial charge in [0, 0.05) is 18.9 Å². The summed E-state index contributed by atoms with van der Waals surface area (Å²) in [7, 11) is -3.60. The molecule has 0 aromatic rings. The van der Waals surface area contributed by atoms with E-state index in [1.54, 1.807) is 20.8 Å². The molecule has 1 rings (SSSR count). The van der Waals surface area contributed by atoms with Crippen LogP contribution in [0.5, 0.6) is 0 Å². The third kappa shape index (κ3) is 9.05. The summed E-state index contributed by atoms with van der Waals surface area (Å²) in [4.78, 5) is 13.4. The van der Waals surface area contributed by atoms with E-state index in [0.29, 0.717) is 0 Å². The third-order valence-electron chi connectivity index (χ3n) is 3.90. The van der Waals surface area contributed by atoms with Gasteiger partial charge in [-0.05, 0) is 40.0 Å². The summed E-state index contributed by atoms with van der Waals surface area (Å²) in [6, 6.07) is -0.467. The molecule has 2 unspecified atom stereocenters. The molecular weight excluding hydrogens is 378 g/mol. The quantitative estimate of drug-likeness (QED) is 0.603. The Labute approximate surface area is 152 Å². The maximum Gasteiger partial charge on any atom is 0.410 e. The van der Waals surface area contributed by atoms with Gasteiger partial charge in [-0.2, -0.15) is 13.2 Å². The van der Waals surface area contributed by atoms with E-state index in [4.69, 9.17) is 4.74 Å². The molecule has 0 aromatic heterocycles. The Balaban J connectivity index is 2.48. The van der Waals surface area contributed by atoms with Gasteiger partial charge >= 0.3 is 12.3 Å². The number of carbonyl (C=O) groups excluding carboxylic acids is 1. The molecule has 0 saturated carbocycles. The summed E-state index contributed by atoms with van der Waals surface area (Å²) in [6.45, 7) is 4.97. The number of nitrogens with zero attached hydrogens (tertiary/aromatic N) is 1. The van der Waals surface area contributed by atoms with E-state index in [-0.39, 0.29) is 31.6 Å². The van der Waals surface area contributed by atoms with Crippen molar-refractivity contribution in [3.05, 3.63) is 0 Å². The fraction of sp³-hybridized carbons (Fsp3) is 0.938. The van der Waals surface area contributed by atoms with Crippen molar-refractivity contribution in [1.29, 1.82) is 0 Å². The van der Waals surface area contributed by atoms with Gasteiger partial charge in [-0.1, -0.05) is 0 Å². The lowest BCUT2D eigenvalue weighted by Gasteiger charge is -2.28. The van der Waals surface area contributed by atoms with Crippen LogP contribution in [0.1, 0.15) is 52.9 Å². The SMILES string of the molecule is CC(C)(C)OC(=O)N1CC(F)CC1CCCS(=O)(=O)CCCC(F)(F)F. The molecule has 5 nitrogen and oxygen atoms in total. The van der Waals surface area contributed by atoms with Crippen molar-refractivity contribution in [2.75, 3.05) is 18.1 Å². The zero-order chi connectivity index (χ0) is 20.2. The second kappa shape index (κ2) is 8.75. The van der Waals surface area contributed by atoms with Crippen molar-refractivity contribution < 1.29 is 35.5 Å². The first-order chi connectivity index (χ1) is 11.7. The first-order valence-electron chi connectivity index (χ1n) is 8.59. The van der Waals surface area contributed by atoms with Crippen molar-refractivity contribution in [2.24, 2.45) is 0 Å². The van der Waals surface area contributed by atoms with Crippen molar-refractivity contribution >= 4 is 15.9 Å². The topological polar surface area (TPSA) is 63.7 Å². The van der Waals surface area contributed by atoms with Crippen LogP contribution in [-0.2, 0) is 14.6 Å². The average molecular weight is 405 g/mol. The lowest BCUT2D eigenvalue weighted by Crippen LogP contribution is -2.40. The van der Waals surface area contributed by atoms with Crippen LogP contribution >= 0.6 is 0 Å². The van der Waals surface area contributed by atoms with Crippen molar-refractivity contribution in [1.82, 2.24) is 4.90 Å². The van der Waals surface area contributed by atoms with Gasteiger partial charge in [0.1, 0.15) is 21.6 Å². The van der Waals surface area contributed by atoms with Crippen LogP contribution in [-0.4, -0.2) is 61.5 Å². The molecule has 2 atom stereocenters. The van der Waals surface area contributed by atoms with E-state index in [2.05, 4.69) is 0 Å². The van der Waals surface area contributed by atoms with Crippen LogP contribution < -0.4 is 0 Å². The lowest BCUT2D eigenvalue weighted by molar-refractivity contribution is -0.134. The number of ether oxygens (including phenoxy) is 1. The van der Waals surface area contributed by atoms with Crippen molar-refractivity contribution in [3.8, 4) is 0 Å². The Morgan fingerprint density at radius 3 is 2.27 bits per heavy atom. The summed E-state index contributed by atoms with van der Waals surface area (Å²) in [6.07, 6.45) is -7.29. The highest BCUT2D eigenvalue weighted by molar-refractivity contribution is 7.91. The molecule has 26 heavy (non-hydrogen) atoms. The number of halogens is 4. The van der Waals surface area contributed by atoms with Gasteiger partial charge in [0.25, 0.3) is 0 Å². The standard InChI is InChI=1S/C16H27F4NO4S/c1-15(2,3)25-14(22)21-11-12(17)10-13(21)6-4-8-26(23,24)9-5-7-16(18,19)20/h12-13H,4-11H2,1-3H3. The molecule has 0 aliphatic carbocycles. The molecule has 1 saturated heterocycles. The number of hydrogen-bond acceptors (Lipinski definition) is 4. The van der Waals surface area contributed by atoms with Crippen LogP contribution in [0.25, 0.3) is 0 Å². The van der Waals surface area contributed by atoms with Gasteiger partial charge in [0.15, 0.2) is 0 Å². The predicted octanol–water partition coefficient (Wildman–Crippen LogP) is 3.87. The molecule has 154 valence electrons. The number of hydrogen-bond donors (Lipinski definition) is 0. The summed E-state index contributed by atoms with van der Waals surface area (Å²) >= 11 is 0. The maximum absolute atomic E-state index is 13.7. The minimum Gasteiger partial charge on any atom is -0.444 e. The molecule has 0 N–H and O–H groups in total. The zero-order valence-corrected chi connectivity index (χ0v) is 16.1. The first-order valence-corrected chi connectivity index (χ1v) is 10.4. The van der Waals surface area contributed by atoms with Gasteiger partial charge in [-0.3, -0.25) is 0 Å². The fourth-order valence-corrected chi connectivity index (χ4v) is 4.21. The van der Waals surface area contributed by atoms with E-state index >= 15 is 0 Å². The van der Waals surface area contributed by atoms with E-state index in [9.17, 15) is 30.8 Å². The first kappa shape index (κ1) is 23.0. The number of likely N-dealkylation sites (tertiary alicyclic amines) is 1. The molecule has 1 aliphatic rings. The van der Waals surface area contributed by atoms with Gasteiger partial charge in [-0.25, -0.2) is 17.6 Å². The molecule has 0 aromatic carbocycles. The van der Waals surface area contributed by atoms with Crippen LogP contribution in [0.4, 0.5) is 22.4 Å². The minimum atomic E-state index is -4.37. The Kier molecular flexibility index (Phi) is 7.74. The molecular formula is C16H27F4NO4S. The zero-order valence-electron chi connectivity index (χ0n) is 15.3. The van der Waals surface area contributed by atoms with Crippen LogP contribution in [0.3, 0.4) is 0 Å². The summed E-state index contributed by atoms with van der Waals surface area (Å²) in [5, 5.41) is 0. The number of alkyl halides is 4. The fourth-order valence-electron chi connectivity index (χ4n) is 2.81. The molecule has 1 heterocycles. The predicted molar refractivity (Wildman–Crippen MR) is 89.4 cm³/mol. The highest BCUT2D eigenvalue weighted by Gasteiger charge is 2.37.